The second-order valence-corrected chi connectivity index (χ2v) is 2.64. The van der Waals surface area contributed by atoms with E-state index in [1.54, 1.807) is 0 Å². The highest BCUT2D eigenvalue weighted by Gasteiger charge is 2.32. The molecule has 1 aliphatic rings. The van der Waals surface area contributed by atoms with Crippen LogP contribution in [0, 0.1) is 0 Å². The van der Waals surface area contributed by atoms with Gasteiger partial charge in [0.05, 0.1) is 9.24 Å². The molecule has 0 aliphatic carbocycles. The molecule has 0 aromatic rings. The molecule has 0 aromatic heterocycles. The number of hydrogen-bond acceptors (Lipinski definition) is 3. The van der Waals surface area contributed by atoms with Crippen LogP contribution >= 0.6 is 0 Å². The van der Waals surface area contributed by atoms with Gasteiger partial charge in [0.25, 0.3) is 0 Å². The first-order valence-corrected chi connectivity index (χ1v) is 3.67. The van der Waals surface area contributed by atoms with Crippen LogP contribution in [-0.2, 0) is 9.59 Å². The molecule has 0 unspecified atom stereocenters. The number of amides is 1. The Bertz CT molecular complexity index is 264. The van der Waals surface area contributed by atoms with Crippen molar-refractivity contribution in [2.75, 3.05) is 13.0 Å². The number of nitrogens with two attached hydrogens (primary N) is 1. The summed E-state index contributed by atoms with van der Waals surface area (Å²) in [6.45, 7) is -2.23. The largest absolute Gasteiger partial charge is 0.480 e. The highest BCUT2D eigenvalue weighted by atomic mass is 16.4. The van der Waals surface area contributed by atoms with Crippen LogP contribution in [-0.4, -0.2) is 41.0 Å². The van der Waals surface area contributed by atoms with E-state index >= 15 is 0 Å². The van der Waals surface area contributed by atoms with E-state index in [1.807, 2.05) is 0 Å². The standard InChI is InChI=1S/C7H12N2O3/c8-4-6(10)9-3-1-2-5(9)7(11)12/h5H,1-4,8H2,(H,11,12)/t5-/m0/s1/i4D2,8+1. The number of carbonyl (C=O) groups excluding carboxylic acids is 1. The maximum absolute atomic E-state index is 11.3. The Kier molecular flexibility index (Phi) is 1.89. The molecule has 5 nitrogen and oxygen atoms in total. The number of carboxylic acids is 1. The fourth-order valence-corrected chi connectivity index (χ4v) is 1.35. The third kappa shape index (κ3) is 1.55. The fraction of sp³-hybridized carbons (Fsp3) is 0.714. The molecule has 1 atom stereocenters. The summed E-state index contributed by atoms with van der Waals surface area (Å²) in [6.07, 6.45) is 0.927. The van der Waals surface area contributed by atoms with Crippen LogP contribution < -0.4 is 5.73 Å². The van der Waals surface area contributed by atoms with Gasteiger partial charge in [-0.15, -0.1) is 0 Å². The lowest BCUT2D eigenvalue weighted by Gasteiger charge is -2.20. The maximum atomic E-state index is 11.3. The molecule has 1 saturated heterocycles. The van der Waals surface area contributed by atoms with E-state index < -0.39 is 24.4 Å². The lowest BCUT2D eigenvalue weighted by atomic mass is 10.2. The minimum atomic E-state index is -2.49. The first kappa shape index (κ1) is 6.42. The number of nitrogens with zero attached hydrogens (tertiary/aromatic N) is 1. The quantitative estimate of drug-likeness (QED) is 0.528. The first-order chi connectivity index (χ1) is 6.34. The summed E-state index contributed by atoms with van der Waals surface area (Å²) in [6, 6.07) is -0.930. The van der Waals surface area contributed by atoms with Gasteiger partial charge < -0.3 is 15.7 Å². The van der Waals surface area contributed by atoms with E-state index in [9.17, 15) is 9.59 Å². The summed E-state index contributed by atoms with van der Waals surface area (Å²) in [5, 5.41) is 8.74. The predicted octanol–water partition coefficient (Wildman–Crippen LogP) is -0.979. The lowest BCUT2D eigenvalue weighted by Crippen LogP contribution is -2.43. The topological polar surface area (TPSA) is 83.6 Å². The zero-order valence-electron chi connectivity index (χ0n) is 8.49. The molecule has 0 saturated carbocycles. The number of hydrogen-bond donors (Lipinski definition) is 2. The maximum Gasteiger partial charge on any atom is 0.326 e. The van der Waals surface area contributed by atoms with Gasteiger partial charge in [0.2, 0.25) is 5.91 Å². The lowest BCUT2D eigenvalue weighted by molar-refractivity contribution is -0.147. The second kappa shape index (κ2) is 3.53. The van der Waals surface area contributed by atoms with Gasteiger partial charge >= 0.3 is 5.97 Å². The van der Waals surface area contributed by atoms with E-state index in [0.29, 0.717) is 12.8 Å². The Balaban J connectivity index is 2.77. The Morgan fingerprint density at radius 2 is 2.42 bits per heavy atom. The zero-order chi connectivity index (χ0) is 10.9. The van der Waals surface area contributed by atoms with Crippen molar-refractivity contribution in [1.82, 2.24) is 4.90 Å². The van der Waals surface area contributed by atoms with Crippen molar-refractivity contribution in [3.63, 3.8) is 0 Å². The van der Waals surface area contributed by atoms with Crippen LogP contribution in [0.3, 0.4) is 0 Å². The zero-order valence-corrected chi connectivity index (χ0v) is 6.49. The normalized spacial score (nSPS) is 26.4. The molecule has 0 bridgehead atoms. The van der Waals surface area contributed by atoms with Crippen LogP contribution in [0.15, 0.2) is 0 Å². The molecule has 68 valence electrons. The molecule has 1 amide bonds. The molecule has 5 heteroatoms. The summed E-state index contributed by atoms with van der Waals surface area (Å²) >= 11 is 0. The Hall–Kier alpha value is -1.10. The van der Waals surface area contributed by atoms with Crippen LogP contribution in [0.1, 0.15) is 15.6 Å². The van der Waals surface area contributed by atoms with Gasteiger partial charge in [-0.2, -0.15) is 0 Å². The Morgan fingerprint density at radius 3 is 2.92 bits per heavy atom. The van der Waals surface area contributed by atoms with Crippen molar-refractivity contribution in [1.29, 1.82) is 0 Å². The van der Waals surface area contributed by atoms with Gasteiger partial charge in [-0.05, 0) is 12.8 Å². The third-order valence-corrected chi connectivity index (χ3v) is 1.92. The number of carbonyl (C=O) groups is 2. The summed E-state index contributed by atoms with van der Waals surface area (Å²) in [7, 11) is 0. The minimum Gasteiger partial charge on any atom is -0.480 e. The fourth-order valence-electron chi connectivity index (χ4n) is 1.35. The molecule has 1 heterocycles. The monoisotopic (exact) mass is 175 g/mol. The van der Waals surface area contributed by atoms with Crippen LogP contribution in [0.25, 0.3) is 0 Å². The molecular weight excluding hydrogens is 161 g/mol. The SMILES string of the molecule is [2H]C([2H])([15NH2])C(=O)N1CCC[C@H]1C(=O)O. The van der Waals surface area contributed by atoms with Gasteiger partial charge in [0, 0.05) is 6.54 Å². The van der Waals surface area contributed by atoms with Gasteiger partial charge in [-0.3, -0.25) is 4.79 Å². The number of rotatable bonds is 2. The highest BCUT2D eigenvalue weighted by Crippen LogP contribution is 2.16. The number of carboxylic acid groups (broad SMARTS) is 1. The van der Waals surface area contributed by atoms with Crippen molar-refractivity contribution < 1.29 is 17.4 Å². The van der Waals surface area contributed by atoms with Crippen LogP contribution in [0.4, 0.5) is 0 Å². The smallest absolute Gasteiger partial charge is 0.326 e. The molecule has 12 heavy (non-hydrogen) atoms. The number of likely N-dealkylation sites (tertiary alicyclic amines) is 1. The van der Waals surface area contributed by atoms with Gasteiger partial charge in [-0.25, -0.2) is 4.79 Å². The second-order valence-electron chi connectivity index (χ2n) is 2.64. The van der Waals surface area contributed by atoms with Crippen molar-refractivity contribution in [3.05, 3.63) is 0 Å². The summed E-state index contributed by atoms with van der Waals surface area (Å²) in [5.41, 5.74) is 4.97. The van der Waals surface area contributed by atoms with E-state index in [0.717, 1.165) is 4.90 Å². The van der Waals surface area contributed by atoms with Crippen molar-refractivity contribution >= 4 is 11.9 Å². The molecule has 0 spiro atoms. The molecule has 3 N–H and O–H groups in total. The molecule has 0 radical (unpaired) electrons. The van der Waals surface area contributed by atoms with Crippen molar-refractivity contribution in [3.8, 4) is 0 Å². The van der Waals surface area contributed by atoms with Gasteiger partial charge in [0.15, 0.2) is 0 Å². The summed E-state index contributed by atoms with van der Waals surface area (Å²) in [5.74, 6) is -2.07. The summed E-state index contributed by atoms with van der Waals surface area (Å²) in [4.78, 5) is 23.0. The molecule has 0 aromatic carbocycles. The third-order valence-electron chi connectivity index (χ3n) is 1.92. The molecule has 1 rings (SSSR count). The van der Waals surface area contributed by atoms with E-state index in [4.69, 9.17) is 13.6 Å². The van der Waals surface area contributed by atoms with Gasteiger partial charge in [0.1, 0.15) is 6.04 Å². The molecular formula is C7H12N2O3. The van der Waals surface area contributed by atoms with E-state index in [-0.39, 0.29) is 6.54 Å². The van der Waals surface area contributed by atoms with Crippen LogP contribution in [0.5, 0.6) is 0 Å². The first-order valence-electron chi connectivity index (χ1n) is 4.67. The number of aliphatic carboxylic acids is 1. The van der Waals surface area contributed by atoms with Crippen molar-refractivity contribution in [2.24, 2.45) is 5.73 Å². The predicted molar refractivity (Wildman–Crippen MR) is 41.4 cm³/mol. The van der Waals surface area contributed by atoms with Crippen LogP contribution in [0.2, 0.25) is 0 Å². The van der Waals surface area contributed by atoms with Gasteiger partial charge in [-0.1, -0.05) is 0 Å². The van der Waals surface area contributed by atoms with E-state index in [2.05, 4.69) is 0 Å². The molecule has 1 aliphatic heterocycles. The average molecular weight is 175 g/mol. The Morgan fingerprint density at radius 1 is 1.75 bits per heavy atom. The van der Waals surface area contributed by atoms with E-state index in [1.165, 1.54) is 0 Å². The minimum absolute atomic E-state index is 0.256. The molecule has 1 fully saturated rings. The average Bonchev–Trinajstić information content (AvgIpc) is 2.48. The summed E-state index contributed by atoms with van der Waals surface area (Å²) < 4.78 is 14.0. The highest BCUT2D eigenvalue weighted by molar-refractivity contribution is 5.85. The Labute approximate surface area is 73.0 Å². The van der Waals surface area contributed by atoms with Crippen molar-refractivity contribution in [2.45, 2.75) is 18.9 Å².